The number of nitrogens with zero attached hydrogens (tertiary/aromatic N) is 1. The number of ether oxygens (including phenoxy) is 3. The minimum Gasteiger partial charge on any atom is -0.493 e. The molecule has 0 saturated carbocycles. The number of rotatable bonds is 4. The molecule has 0 aliphatic rings. The Morgan fingerprint density at radius 2 is 1.90 bits per heavy atom. The van der Waals surface area contributed by atoms with Crippen LogP contribution < -0.4 is 15.2 Å². The van der Waals surface area contributed by atoms with Gasteiger partial charge < -0.3 is 19.9 Å². The van der Waals surface area contributed by atoms with Gasteiger partial charge in [-0.2, -0.15) is 4.37 Å². The van der Waals surface area contributed by atoms with Gasteiger partial charge >= 0.3 is 5.97 Å². The van der Waals surface area contributed by atoms with Crippen molar-refractivity contribution in [3.63, 3.8) is 0 Å². The van der Waals surface area contributed by atoms with Crippen LogP contribution in [0.3, 0.4) is 0 Å². The third-order valence-electron chi connectivity index (χ3n) is 2.76. The second-order valence-electron chi connectivity index (χ2n) is 3.84. The van der Waals surface area contributed by atoms with Crippen LogP contribution in [0.5, 0.6) is 11.5 Å². The first-order valence-electron chi connectivity index (χ1n) is 5.68. The lowest BCUT2D eigenvalue weighted by molar-refractivity contribution is 0.0607. The Bertz CT molecular complexity index is 639. The number of hydrogen-bond acceptors (Lipinski definition) is 7. The summed E-state index contributed by atoms with van der Waals surface area (Å²) in [6, 6.07) is 5.31. The smallest absolute Gasteiger partial charge is 0.351 e. The summed E-state index contributed by atoms with van der Waals surface area (Å²) in [5, 5.41) is 0. The third-order valence-corrected chi connectivity index (χ3v) is 3.60. The fourth-order valence-electron chi connectivity index (χ4n) is 1.73. The molecule has 0 amide bonds. The molecule has 0 aliphatic heterocycles. The maximum atomic E-state index is 11.5. The van der Waals surface area contributed by atoms with Gasteiger partial charge in [-0.25, -0.2) is 4.79 Å². The van der Waals surface area contributed by atoms with Gasteiger partial charge in [-0.3, -0.25) is 0 Å². The molecule has 7 heteroatoms. The highest BCUT2D eigenvalue weighted by Gasteiger charge is 2.19. The number of esters is 1. The topological polar surface area (TPSA) is 83.7 Å². The number of benzene rings is 1. The molecule has 0 aliphatic carbocycles. The Morgan fingerprint density at radius 1 is 1.20 bits per heavy atom. The van der Waals surface area contributed by atoms with Gasteiger partial charge in [0, 0.05) is 5.56 Å². The molecule has 2 aromatic rings. The van der Waals surface area contributed by atoms with Crippen molar-refractivity contribution in [2.45, 2.75) is 0 Å². The van der Waals surface area contributed by atoms with Gasteiger partial charge in [-0.15, -0.1) is 0 Å². The highest BCUT2D eigenvalue weighted by atomic mass is 32.1. The van der Waals surface area contributed by atoms with E-state index in [4.69, 9.17) is 15.2 Å². The summed E-state index contributed by atoms with van der Waals surface area (Å²) in [6.07, 6.45) is 0. The normalized spacial score (nSPS) is 10.2. The van der Waals surface area contributed by atoms with E-state index in [1.54, 1.807) is 32.4 Å². The van der Waals surface area contributed by atoms with Crippen LogP contribution in [-0.4, -0.2) is 31.7 Å². The Labute approximate surface area is 120 Å². The highest BCUT2D eigenvalue weighted by Crippen LogP contribution is 2.36. The molecule has 0 saturated heterocycles. The zero-order valence-corrected chi connectivity index (χ0v) is 12.1. The molecule has 20 heavy (non-hydrogen) atoms. The molecule has 1 aromatic heterocycles. The number of hydrogen-bond donors (Lipinski definition) is 1. The van der Waals surface area contributed by atoms with E-state index >= 15 is 0 Å². The quantitative estimate of drug-likeness (QED) is 0.870. The van der Waals surface area contributed by atoms with Crippen LogP contribution in [-0.2, 0) is 4.74 Å². The number of carbonyl (C=O) groups excluding carboxylic acids is 1. The van der Waals surface area contributed by atoms with Crippen molar-refractivity contribution in [3.8, 4) is 22.8 Å². The molecule has 0 spiro atoms. The lowest BCUT2D eigenvalue weighted by Gasteiger charge is -2.08. The van der Waals surface area contributed by atoms with E-state index in [9.17, 15) is 4.79 Å². The molecule has 2 N–H and O–H groups in total. The lowest BCUT2D eigenvalue weighted by atomic mass is 10.1. The van der Waals surface area contributed by atoms with Gasteiger partial charge in [0.1, 0.15) is 5.69 Å². The molecule has 0 unspecified atom stereocenters. The first-order valence-corrected chi connectivity index (χ1v) is 6.45. The molecule has 0 atom stereocenters. The van der Waals surface area contributed by atoms with Crippen LogP contribution in [0.1, 0.15) is 9.67 Å². The minimum atomic E-state index is -0.494. The van der Waals surface area contributed by atoms with E-state index in [2.05, 4.69) is 9.11 Å². The van der Waals surface area contributed by atoms with Crippen molar-refractivity contribution in [3.05, 3.63) is 23.1 Å². The number of methoxy groups -OCH3 is 3. The van der Waals surface area contributed by atoms with Crippen LogP contribution in [0.25, 0.3) is 11.3 Å². The van der Waals surface area contributed by atoms with Crippen LogP contribution in [0.2, 0.25) is 0 Å². The minimum absolute atomic E-state index is 0.289. The second-order valence-corrected chi connectivity index (χ2v) is 4.61. The SMILES string of the molecule is COC(=O)c1snc(-c2ccc(OC)c(OC)c2)c1N. The molecule has 0 bridgehead atoms. The largest absolute Gasteiger partial charge is 0.493 e. The Morgan fingerprint density at radius 3 is 2.50 bits per heavy atom. The average Bonchev–Trinajstić information content (AvgIpc) is 2.87. The zero-order valence-electron chi connectivity index (χ0n) is 11.3. The van der Waals surface area contributed by atoms with Gasteiger partial charge in [-0.1, -0.05) is 0 Å². The Hall–Kier alpha value is -2.28. The summed E-state index contributed by atoms with van der Waals surface area (Å²) in [4.78, 5) is 11.8. The van der Waals surface area contributed by atoms with Crippen molar-refractivity contribution >= 4 is 23.2 Å². The van der Waals surface area contributed by atoms with E-state index in [1.165, 1.54) is 7.11 Å². The van der Waals surface area contributed by atoms with Gasteiger partial charge in [0.15, 0.2) is 16.4 Å². The first-order chi connectivity index (χ1) is 9.62. The first kappa shape index (κ1) is 14.1. The van der Waals surface area contributed by atoms with Crippen LogP contribution in [0.4, 0.5) is 5.69 Å². The molecule has 2 rings (SSSR count). The summed E-state index contributed by atoms with van der Waals surface area (Å²) in [6.45, 7) is 0. The van der Waals surface area contributed by atoms with Gasteiger partial charge in [0.25, 0.3) is 0 Å². The molecule has 1 aromatic carbocycles. The Balaban J connectivity index is 2.47. The van der Waals surface area contributed by atoms with Crippen molar-refractivity contribution < 1.29 is 19.0 Å². The molecular weight excluding hydrogens is 280 g/mol. The van der Waals surface area contributed by atoms with Crippen LogP contribution in [0.15, 0.2) is 18.2 Å². The maximum Gasteiger partial charge on any atom is 0.351 e. The second kappa shape index (κ2) is 5.79. The molecule has 0 radical (unpaired) electrons. The average molecular weight is 294 g/mol. The number of anilines is 1. The summed E-state index contributed by atoms with van der Waals surface area (Å²) >= 11 is 1.01. The number of carbonyl (C=O) groups is 1. The highest BCUT2D eigenvalue weighted by molar-refractivity contribution is 7.09. The predicted molar refractivity (Wildman–Crippen MR) is 76.4 cm³/mol. The van der Waals surface area contributed by atoms with E-state index < -0.39 is 5.97 Å². The molecular formula is C13H14N2O4S. The fourth-order valence-corrected chi connectivity index (χ4v) is 2.47. The number of nitrogen functional groups attached to an aromatic ring is 1. The number of nitrogens with two attached hydrogens (primary N) is 1. The van der Waals surface area contributed by atoms with E-state index in [-0.39, 0.29) is 4.88 Å². The fraction of sp³-hybridized carbons (Fsp3) is 0.231. The zero-order chi connectivity index (χ0) is 14.7. The summed E-state index contributed by atoms with van der Waals surface area (Å²) in [5.74, 6) is 0.682. The molecule has 1 heterocycles. The van der Waals surface area contributed by atoms with Crippen molar-refractivity contribution in [2.24, 2.45) is 0 Å². The van der Waals surface area contributed by atoms with Crippen molar-refractivity contribution in [1.29, 1.82) is 0 Å². The molecule has 106 valence electrons. The third kappa shape index (κ3) is 2.39. The van der Waals surface area contributed by atoms with E-state index in [0.29, 0.717) is 22.9 Å². The van der Waals surface area contributed by atoms with E-state index in [1.807, 2.05) is 0 Å². The van der Waals surface area contributed by atoms with Gasteiger partial charge in [-0.05, 0) is 29.7 Å². The standard InChI is InChI=1S/C13H14N2O4S/c1-17-8-5-4-7(6-9(8)18-2)11-10(14)12(20-15-11)13(16)19-3/h4-6H,14H2,1-3H3. The van der Waals surface area contributed by atoms with Crippen LogP contribution in [0, 0.1) is 0 Å². The van der Waals surface area contributed by atoms with Gasteiger partial charge in [0.05, 0.1) is 27.0 Å². The molecule has 6 nitrogen and oxygen atoms in total. The lowest BCUT2D eigenvalue weighted by Crippen LogP contribution is -2.02. The summed E-state index contributed by atoms with van der Waals surface area (Å²) < 4.78 is 19.3. The molecule has 0 fully saturated rings. The van der Waals surface area contributed by atoms with Crippen molar-refractivity contribution in [2.75, 3.05) is 27.1 Å². The van der Waals surface area contributed by atoms with Crippen LogP contribution >= 0.6 is 11.5 Å². The van der Waals surface area contributed by atoms with Crippen molar-refractivity contribution in [1.82, 2.24) is 4.37 Å². The predicted octanol–water partition coefficient (Wildman–Crippen LogP) is 2.20. The monoisotopic (exact) mass is 294 g/mol. The summed E-state index contributed by atoms with van der Waals surface area (Å²) in [5.41, 5.74) is 7.52. The summed E-state index contributed by atoms with van der Waals surface area (Å²) in [7, 11) is 4.41. The van der Waals surface area contributed by atoms with E-state index in [0.717, 1.165) is 17.1 Å². The maximum absolute atomic E-state index is 11.5. The number of aromatic nitrogens is 1. The van der Waals surface area contributed by atoms with Gasteiger partial charge in [0.2, 0.25) is 0 Å². The Kier molecular flexibility index (Phi) is 4.09.